The molecule has 3 fully saturated rings. The lowest BCUT2D eigenvalue weighted by Crippen LogP contribution is -2.56. The summed E-state index contributed by atoms with van der Waals surface area (Å²) in [5.74, 6) is 0.0523. The van der Waals surface area contributed by atoms with Gasteiger partial charge in [0.25, 0.3) is 0 Å². The minimum absolute atomic E-state index is 0.0436. The Morgan fingerprint density at radius 3 is 2.39 bits per heavy atom. The fourth-order valence-electron chi connectivity index (χ4n) is 6.28. The molecule has 2 saturated carbocycles. The molecule has 1 saturated heterocycles. The summed E-state index contributed by atoms with van der Waals surface area (Å²) in [6, 6.07) is 10.8. The number of amides is 3. The molecule has 9 heteroatoms. The Balaban J connectivity index is 1.43. The van der Waals surface area contributed by atoms with Crippen LogP contribution in [-0.4, -0.2) is 84.7 Å². The molecule has 38 heavy (non-hydrogen) atoms. The van der Waals surface area contributed by atoms with Crippen LogP contribution >= 0.6 is 0 Å². The maximum atomic E-state index is 13.7. The van der Waals surface area contributed by atoms with Crippen molar-refractivity contribution >= 4 is 23.7 Å². The minimum Gasteiger partial charge on any atom is -0.481 e. The van der Waals surface area contributed by atoms with Crippen LogP contribution in [0.4, 0.5) is 4.79 Å². The van der Waals surface area contributed by atoms with Crippen LogP contribution in [-0.2, 0) is 15.1 Å². The lowest BCUT2D eigenvalue weighted by atomic mass is 9.68. The van der Waals surface area contributed by atoms with Gasteiger partial charge in [0.1, 0.15) is 5.84 Å². The van der Waals surface area contributed by atoms with Crippen molar-refractivity contribution in [2.45, 2.75) is 62.4 Å². The highest BCUT2D eigenvalue weighted by atomic mass is 16.5. The molecule has 0 bridgehead atoms. The predicted molar refractivity (Wildman–Crippen MR) is 148 cm³/mol. The number of nitrogens with one attached hydrogen (secondary N) is 3. The van der Waals surface area contributed by atoms with E-state index in [4.69, 9.17) is 15.6 Å². The Labute approximate surface area is 226 Å². The monoisotopic (exact) mass is 522 g/mol. The Bertz CT molecular complexity index is 1060. The van der Waals surface area contributed by atoms with Gasteiger partial charge in [-0.05, 0) is 70.2 Å². The highest BCUT2D eigenvalue weighted by molar-refractivity contribution is 6.05. The second-order valence-electron chi connectivity index (χ2n) is 11.2. The van der Waals surface area contributed by atoms with E-state index >= 15 is 0 Å². The highest BCUT2D eigenvalue weighted by Crippen LogP contribution is 2.49. The first-order chi connectivity index (χ1) is 18.2. The fourth-order valence-corrected chi connectivity index (χ4v) is 6.28. The van der Waals surface area contributed by atoms with E-state index < -0.39 is 0 Å². The summed E-state index contributed by atoms with van der Waals surface area (Å²) in [5, 5.41) is 17.8. The molecule has 2 aliphatic carbocycles. The van der Waals surface area contributed by atoms with E-state index in [2.05, 4.69) is 59.5 Å². The second kappa shape index (κ2) is 11.7. The number of nitrogens with zero attached hydrogens (tertiary/aromatic N) is 3. The van der Waals surface area contributed by atoms with E-state index in [1.807, 2.05) is 4.90 Å². The summed E-state index contributed by atoms with van der Waals surface area (Å²) in [5.41, 5.74) is 1.09. The standard InChI is InChI=1S/C29H42N6O3/c1-33(2)29(23-10-5-4-6-11-23)17-15-28(16-18-29)21-34(27(37)35(28)20-22-8-7-9-22)19-14-26(36)32-24(30)12-13-25(31)38-3/h4-6,10-13,22,31H,7-9,14-21H2,1-3H3,(H2,30,32,36)/b13-12-,31-25?/t28-,29+. The van der Waals surface area contributed by atoms with Crippen molar-refractivity contribution in [2.24, 2.45) is 5.92 Å². The number of rotatable bonds is 9. The molecule has 9 nitrogen and oxygen atoms in total. The number of benzene rings is 1. The molecule has 3 N–H and O–H groups in total. The average Bonchev–Trinajstić information content (AvgIpc) is 3.14. The normalized spacial score (nSPS) is 25.7. The van der Waals surface area contributed by atoms with Crippen molar-refractivity contribution in [3.63, 3.8) is 0 Å². The summed E-state index contributed by atoms with van der Waals surface area (Å²) in [4.78, 5) is 32.5. The van der Waals surface area contributed by atoms with Crippen molar-refractivity contribution in [2.75, 3.05) is 40.8 Å². The lowest BCUT2D eigenvalue weighted by molar-refractivity contribution is -0.119. The quantitative estimate of drug-likeness (QED) is 0.337. The molecule has 1 spiro atoms. The molecule has 3 aliphatic rings. The van der Waals surface area contributed by atoms with Crippen molar-refractivity contribution in [1.29, 1.82) is 10.8 Å². The predicted octanol–water partition coefficient (Wildman–Crippen LogP) is 3.96. The molecular weight excluding hydrogens is 480 g/mol. The third-order valence-electron chi connectivity index (χ3n) is 8.90. The largest absolute Gasteiger partial charge is 0.481 e. The molecule has 0 radical (unpaired) electrons. The van der Waals surface area contributed by atoms with Crippen LogP contribution in [0.25, 0.3) is 0 Å². The van der Waals surface area contributed by atoms with Gasteiger partial charge in [0.05, 0.1) is 12.6 Å². The van der Waals surface area contributed by atoms with Gasteiger partial charge in [-0.1, -0.05) is 36.8 Å². The number of carbonyl (C=O) groups is 2. The van der Waals surface area contributed by atoms with E-state index in [1.54, 1.807) is 0 Å². The molecule has 0 aromatic heterocycles. The van der Waals surface area contributed by atoms with Crippen LogP contribution in [0.3, 0.4) is 0 Å². The third-order valence-corrected chi connectivity index (χ3v) is 8.90. The van der Waals surface area contributed by atoms with Gasteiger partial charge in [-0.2, -0.15) is 0 Å². The Kier molecular flexibility index (Phi) is 8.55. The first kappa shape index (κ1) is 27.8. The zero-order chi connectivity index (χ0) is 27.3. The van der Waals surface area contributed by atoms with Crippen molar-refractivity contribution in [1.82, 2.24) is 20.0 Å². The number of carbonyl (C=O) groups excluding carboxylic acids is 2. The van der Waals surface area contributed by atoms with Gasteiger partial charge in [0.2, 0.25) is 11.8 Å². The number of amidine groups is 1. The van der Waals surface area contributed by atoms with Crippen LogP contribution in [0.2, 0.25) is 0 Å². The van der Waals surface area contributed by atoms with E-state index in [1.165, 1.54) is 44.1 Å². The number of ether oxygens (including phenoxy) is 1. The Hall–Kier alpha value is -3.20. The molecule has 0 atom stereocenters. The van der Waals surface area contributed by atoms with Crippen LogP contribution in [0.5, 0.6) is 0 Å². The van der Waals surface area contributed by atoms with Gasteiger partial charge in [-0.25, -0.2) is 4.79 Å². The molecular formula is C29H42N6O3. The molecule has 4 rings (SSSR count). The number of hydrogen-bond donors (Lipinski definition) is 3. The average molecular weight is 523 g/mol. The topological polar surface area (TPSA) is 113 Å². The van der Waals surface area contributed by atoms with Gasteiger partial charge in [-0.15, -0.1) is 0 Å². The molecule has 3 amide bonds. The second-order valence-corrected chi connectivity index (χ2v) is 11.2. The van der Waals surface area contributed by atoms with Crippen molar-refractivity contribution < 1.29 is 14.3 Å². The zero-order valence-corrected chi connectivity index (χ0v) is 23.0. The van der Waals surface area contributed by atoms with Gasteiger partial charge in [0, 0.05) is 37.7 Å². The van der Waals surface area contributed by atoms with Crippen molar-refractivity contribution in [3.8, 4) is 0 Å². The van der Waals surface area contributed by atoms with E-state index in [-0.39, 0.29) is 41.2 Å². The van der Waals surface area contributed by atoms with Crippen LogP contribution in [0.15, 0.2) is 42.5 Å². The summed E-state index contributed by atoms with van der Waals surface area (Å²) in [6.07, 6.45) is 10.2. The smallest absolute Gasteiger partial charge is 0.320 e. The number of methoxy groups -OCH3 is 1. The Morgan fingerprint density at radius 2 is 1.82 bits per heavy atom. The van der Waals surface area contributed by atoms with E-state index in [0.29, 0.717) is 19.0 Å². The first-order valence-corrected chi connectivity index (χ1v) is 13.7. The van der Waals surface area contributed by atoms with Gasteiger partial charge in [-0.3, -0.25) is 20.5 Å². The SMILES string of the molecule is COC(=N)/C=C\C(=N)NC(=O)CCN1C[C@]2(CC[C@](c3ccccc3)(N(C)C)CC2)N(CC2CCC2)C1=O. The summed E-state index contributed by atoms with van der Waals surface area (Å²) < 4.78 is 4.72. The maximum Gasteiger partial charge on any atom is 0.320 e. The summed E-state index contributed by atoms with van der Waals surface area (Å²) in [6.45, 7) is 1.78. The maximum absolute atomic E-state index is 13.7. The summed E-state index contributed by atoms with van der Waals surface area (Å²) in [7, 11) is 5.69. The van der Waals surface area contributed by atoms with Crippen molar-refractivity contribution in [3.05, 3.63) is 48.0 Å². The molecule has 0 unspecified atom stereocenters. The molecule has 206 valence electrons. The lowest BCUT2D eigenvalue weighted by Gasteiger charge is -2.51. The molecule has 1 heterocycles. The van der Waals surface area contributed by atoms with Gasteiger partial charge < -0.3 is 19.9 Å². The van der Waals surface area contributed by atoms with Crippen LogP contribution in [0, 0.1) is 16.7 Å². The van der Waals surface area contributed by atoms with E-state index in [0.717, 1.165) is 32.2 Å². The number of urea groups is 1. The zero-order valence-electron chi connectivity index (χ0n) is 23.0. The highest BCUT2D eigenvalue weighted by Gasteiger charge is 2.54. The third kappa shape index (κ3) is 5.77. The fraction of sp³-hybridized carbons (Fsp3) is 0.586. The van der Waals surface area contributed by atoms with Gasteiger partial charge >= 0.3 is 6.03 Å². The minimum atomic E-state index is -0.317. The van der Waals surface area contributed by atoms with E-state index in [9.17, 15) is 9.59 Å². The molecule has 1 aromatic carbocycles. The summed E-state index contributed by atoms with van der Waals surface area (Å²) >= 11 is 0. The van der Waals surface area contributed by atoms with Gasteiger partial charge in [0.15, 0.2) is 0 Å². The van der Waals surface area contributed by atoms with Crippen LogP contribution < -0.4 is 5.32 Å². The molecule has 1 aliphatic heterocycles. The van der Waals surface area contributed by atoms with Crippen LogP contribution in [0.1, 0.15) is 56.9 Å². The first-order valence-electron chi connectivity index (χ1n) is 13.7. The molecule has 1 aromatic rings. The number of hydrogen-bond acceptors (Lipinski definition) is 6. The Morgan fingerprint density at radius 1 is 1.13 bits per heavy atom.